The lowest BCUT2D eigenvalue weighted by molar-refractivity contribution is 0.251. The largest absolute Gasteiger partial charge is 0.495 e. The van der Waals surface area contributed by atoms with Gasteiger partial charge in [-0.05, 0) is 43.2 Å². The number of benzene rings is 2. The summed E-state index contributed by atoms with van der Waals surface area (Å²) in [5.41, 5.74) is 5.20. The van der Waals surface area contributed by atoms with Crippen LogP contribution in [0.3, 0.4) is 0 Å². The number of anilines is 1. The van der Waals surface area contributed by atoms with Gasteiger partial charge in [0.05, 0.1) is 31.5 Å². The summed E-state index contributed by atoms with van der Waals surface area (Å²) in [5.74, 6) is 0.938. The van der Waals surface area contributed by atoms with Crippen molar-refractivity contribution in [2.75, 3.05) is 19.5 Å². The number of hydrogen-bond acceptors (Lipinski definition) is 3. The number of aryl methyl sites for hydroxylation is 2. The summed E-state index contributed by atoms with van der Waals surface area (Å²) in [4.78, 5) is 12.4. The molecule has 2 aromatic carbocycles. The lowest BCUT2D eigenvalue weighted by atomic mass is 10.1. The topological polar surface area (TPSA) is 64.5 Å². The molecular weight excluding hydrogens is 402 g/mol. The van der Waals surface area contributed by atoms with Gasteiger partial charge in [0.25, 0.3) is 0 Å². The van der Waals surface area contributed by atoms with Crippen molar-refractivity contribution in [3.8, 4) is 11.5 Å². The number of hydrogen-bond donors (Lipinski definition) is 2. The first kappa shape index (κ1) is 21.6. The van der Waals surface area contributed by atoms with E-state index in [1.54, 1.807) is 12.1 Å². The van der Waals surface area contributed by atoms with Gasteiger partial charge in [0.15, 0.2) is 0 Å². The first-order chi connectivity index (χ1) is 14.4. The van der Waals surface area contributed by atoms with E-state index in [4.69, 9.17) is 21.1 Å². The number of amides is 2. The molecule has 6 nitrogen and oxygen atoms in total. The zero-order valence-electron chi connectivity index (χ0n) is 17.6. The molecule has 0 aliphatic rings. The van der Waals surface area contributed by atoms with Crippen LogP contribution in [0.4, 0.5) is 10.5 Å². The molecule has 1 heterocycles. The summed E-state index contributed by atoms with van der Waals surface area (Å²) in [6.45, 7) is 5.33. The molecule has 7 heteroatoms. The average Bonchev–Trinajstić information content (AvgIpc) is 3.16. The van der Waals surface area contributed by atoms with Crippen LogP contribution in [0.25, 0.3) is 0 Å². The number of carbonyl (C=O) groups is 1. The molecule has 30 heavy (non-hydrogen) atoms. The molecular formula is C23H26ClN3O3. The van der Waals surface area contributed by atoms with Crippen molar-refractivity contribution in [1.29, 1.82) is 0 Å². The second-order valence-electron chi connectivity index (χ2n) is 7.05. The van der Waals surface area contributed by atoms with Crippen LogP contribution in [0.1, 0.15) is 22.4 Å². The summed E-state index contributed by atoms with van der Waals surface area (Å²) in [5, 5.41) is 6.05. The highest BCUT2D eigenvalue weighted by Gasteiger charge is 2.13. The molecule has 0 aliphatic carbocycles. The fourth-order valence-corrected chi connectivity index (χ4v) is 3.45. The molecule has 158 valence electrons. The molecule has 0 aliphatic heterocycles. The Hall–Kier alpha value is -3.12. The molecule has 2 amide bonds. The average molecular weight is 428 g/mol. The van der Waals surface area contributed by atoms with Gasteiger partial charge >= 0.3 is 6.03 Å². The molecule has 3 aromatic rings. The maximum absolute atomic E-state index is 12.4. The van der Waals surface area contributed by atoms with Gasteiger partial charge in [0.2, 0.25) is 0 Å². The minimum absolute atomic E-state index is 0.353. The third-order valence-corrected chi connectivity index (χ3v) is 5.22. The van der Waals surface area contributed by atoms with Crippen LogP contribution in [0.5, 0.6) is 11.5 Å². The quantitative estimate of drug-likeness (QED) is 0.548. The van der Waals surface area contributed by atoms with E-state index in [1.165, 1.54) is 30.9 Å². The lowest BCUT2D eigenvalue weighted by Gasteiger charge is -2.15. The Morgan fingerprint density at radius 2 is 1.83 bits per heavy atom. The SMILES string of the molecule is COc1cc(OC)c(NC(=O)NCc2cccn2Cc2cc(C)ccc2C)cc1Cl. The fourth-order valence-electron chi connectivity index (χ4n) is 3.21. The molecule has 3 rings (SSSR count). The van der Waals surface area contributed by atoms with Crippen molar-refractivity contribution >= 4 is 23.3 Å². The number of nitrogens with one attached hydrogen (secondary N) is 2. The van der Waals surface area contributed by atoms with E-state index in [0.717, 1.165) is 12.2 Å². The van der Waals surface area contributed by atoms with Gasteiger partial charge in [-0.15, -0.1) is 0 Å². The molecule has 0 spiro atoms. The van der Waals surface area contributed by atoms with E-state index in [2.05, 4.69) is 47.2 Å². The third-order valence-electron chi connectivity index (χ3n) is 4.92. The highest BCUT2D eigenvalue weighted by atomic mass is 35.5. The van der Waals surface area contributed by atoms with E-state index in [1.807, 2.05) is 18.3 Å². The first-order valence-electron chi connectivity index (χ1n) is 9.57. The van der Waals surface area contributed by atoms with Crippen molar-refractivity contribution < 1.29 is 14.3 Å². The summed E-state index contributed by atoms with van der Waals surface area (Å²) in [6.07, 6.45) is 2.02. The molecule has 0 bridgehead atoms. The second kappa shape index (κ2) is 9.59. The number of nitrogens with zero attached hydrogens (tertiary/aromatic N) is 1. The monoisotopic (exact) mass is 427 g/mol. The van der Waals surface area contributed by atoms with Gasteiger partial charge in [0.1, 0.15) is 11.5 Å². The van der Waals surface area contributed by atoms with Crippen LogP contribution in [-0.2, 0) is 13.1 Å². The van der Waals surface area contributed by atoms with E-state index >= 15 is 0 Å². The van der Waals surface area contributed by atoms with Gasteiger partial charge in [-0.25, -0.2) is 4.79 Å². The number of urea groups is 1. The normalized spacial score (nSPS) is 10.6. The third kappa shape index (κ3) is 5.07. The van der Waals surface area contributed by atoms with E-state index in [0.29, 0.717) is 28.8 Å². The van der Waals surface area contributed by atoms with Crippen molar-refractivity contribution in [2.24, 2.45) is 0 Å². The molecule has 1 aromatic heterocycles. The van der Waals surface area contributed by atoms with Crippen LogP contribution in [0.15, 0.2) is 48.7 Å². The maximum atomic E-state index is 12.4. The molecule has 0 saturated carbocycles. The molecule has 0 fully saturated rings. The van der Waals surface area contributed by atoms with Crippen LogP contribution < -0.4 is 20.1 Å². The highest BCUT2D eigenvalue weighted by molar-refractivity contribution is 6.32. The minimum Gasteiger partial charge on any atom is -0.495 e. The summed E-state index contributed by atoms with van der Waals surface area (Å²) in [6, 6.07) is 13.3. The molecule has 0 atom stereocenters. The summed E-state index contributed by atoms with van der Waals surface area (Å²) in [7, 11) is 3.04. The summed E-state index contributed by atoms with van der Waals surface area (Å²) < 4.78 is 12.6. The van der Waals surface area contributed by atoms with Gasteiger partial charge < -0.3 is 24.7 Å². The van der Waals surface area contributed by atoms with E-state index in [9.17, 15) is 4.79 Å². The smallest absolute Gasteiger partial charge is 0.319 e. The Morgan fingerprint density at radius 3 is 2.57 bits per heavy atom. The van der Waals surface area contributed by atoms with Crippen LogP contribution in [-0.4, -0.2) is 24.8 Å². The molecule has 0 saturated heterocycles. The standard InChI is InChI=1S/C23H26ClN3O3/c1-15-7-8-16(2)17(10-15)14-27-9-5-6-18(27)13-25-23(28)26-20-11-19(24)21(29-3)12-22(20)30-4/h5-12H,13-14H2,1-4H3,(H2,25,26,28). The van der Waals surface area contributed by atoms with Gasteiger partial charge in [0, 0.05) is 24.5 Å². The molecule has 2 N–H and O–H groups in total. The van der Waals surface area contributed by atoms with E-state index < -0.39 is 0 Å². The van der Waals surface area contributed by atoms with Gasteiger partial charge in [-0.2, -0.15) is 0 Å². The Balaban J connectivity index is 1.66. The Kier molecular flexibility index (Phi) is 6.90. The zero-order valence-corrected chi connectivity index (χ0v) is 18.3. The van der Waals surface area contributed by atoms with Crippen molar-refractivity contribution in [1.82, 2.24) is 9.88 Å². The number of aromatic nitrogens is 1. The van der Waals surface area contributed by atoms with E-state index in [-0.39, 0.29) is 6.03 Å². The predicted octanol–water partition coefficient (Wildman–Crippen LogP) is 5.15. The van der Waals surface area contributed by atoms with Crippen LogP contribution in [0.2, 0.25) is 5.02 Å². The Morgan fingerprint density at radius 1 is 1.07 bits per heavy atom. The van der Waals surface area contributed by atoms with Crippen molar-refractivity contribution in [2.45, 2.75) is 26.9 Å². The molecule has 0 radical (unpaired) electrons. The number of carbonyl (C=O) groups excluding carboxylic acids is 1. The second-order valence-corrected chi connectivity index (χ2v) is 7.46. The number of rotatable bonds is 7. The van der Waals surface area contributed by atoms with Gasteiger partial charge in [-0.1, -0.05) is 35.4 Å². The fraction of sp³-hybridized carbons (Fsp3) is 0.261. The highest BCUT2D eigenvalue weighted by Crippen LogP contribution is 2.35. The Labute approximate surface area is 181 Å². The number of ether oxygens (including phenoxy) is 2. The number of methoxy groups -OCH3 is 2. The van der Waals surface area contributed by atoms with Gasteiger partial charge in [-0.3, -0.25) is 0 Å². The minimum atomic E-state index is -0.353. The maximum Gasteiger partial charge on any atom is 0.319 e. The van der Waals surface area contributed by atoms with Crippen LogP contribution in [0, 0.1) is 13.8 Å². The lowest BCUT2D eigenvalue weighted by Crippen LogP contribution is -2.29. The van der Waals surface area contributed by atoms with Crippen LogP contribution >= 0.6 is 11.6 Å². The predicted molar refractivity (Wildman–Crippen MR) is 120 cm³/mol. The van der Waals surface area contributed by atoms with Crippen molar-refractivity contribution in [3.05, 3.63) is 76.1 Å². The molecule has 0 unspecified atom stereocenters. The summed E-state index contributed by atoms with van der Waals surface area (Å²) >= 11 is 6.17. The zero-order chi connectivity index (χ0) is 21.7. The van der Waals surface area contributed by atoms with Crippen molar-refractivity contribution in [3.63, 3.8) is 0 Å². The number of halogens is 1. The first-order valence-corrected chi connectivity index (χ1v) is 9.95. The Bertz CT molecular complexity index is 1050.